The van der Waals surface area contributed by atoms with Crippen molar-refractivity contribution in [2.75, 3.05) is 20.8 Å². The Kier molecular flexibility index (Phi) is 35.9. The third kappa shape index (κ3) is 27.7. The van der Waals surface area contributed by atoms with E-state index in [0.29, 0.717) is 25.4 Å². The Hall–Kier alpha value is -1.53. The van der Waals surface area contributed by atoms with Gasteiger partial charge in [-0.2, -0.15) is 8.42 Å². The first-order valence-corrected chi connectivity index (χ1v) is 21.7. The van der Waals surface area contributed by atoms with Gasteiger partial charge in [-0.3, -0.25) is 18.3 Å². The summed E-state index contributed by atoms with van der Waals surface area (Å²) in [6.07, 6.45) is 32.7. The highest BCUT2D eigenvalue weighted by Gasteiger charge is 2.49. The summed E-state index contributed by atoms with van der Waals surface area (Å²) in [4.78, 5) is 50.7. The molecular formula is C40H77NO9S. The maximum Gasteiger partial charge on any atom is 0.397 e. The molecule has 0 aliphatic rings. The molecule has 0 aromatic heterocycles. The summed E-state index contributed by atoms with van der Waals surface area (Å²) in [6, 6.07) is 0. The van der Waals surface area contributed by atoms with E-state index >= 15 is 0 Å². The van der Waals surface area contributed by atoms with Gasteiger partial charge in [0.25, 0.3) is 0 Å². The number of carbonyl (C=O) groups is 4. The molecule has 2 unspecified atom stereocenters. The molecule has 3 N–H and O–H groups in total. The van der Waals surface area contributed by atoms with Crippen LogP contribution < -0.4 is 5.32 Å². The van der Waals surface area contributed by atoms with Gasteiger partial charge < -0.3 is 20.0 Å². The highest BCUT2D eigenvalue weighted by molar-refractivity contribution is 7.80. The minimum atomic E-state index is -4.16. The molecule has 0 aromatic rings. The summed E-state index contributed by atoms with van der Waals surface area (Å²) in [5.41, 5.74) is -1.59. The van der Waals surface area contributed by atoms with Crippen molar-refractivity contribution in [3.63, 3.8) is 0 Å². The molecule has 0 heterocycles. The molecule has 0 aliphatic heterocycles. The van der Waals surface area contributed by atoms with Crippen LogP contribution in [-0.4, -0.2) is 68.5 Å². The molecule has 0 aliphatic carbocycles. The Morgan fingerprint density at radius 1 is 0.588 bits per heavy atom. The molecular weight excluding hydrogens is 671 g/mol. The first kappa shape index (κ1) is 51.6. The Bertz CT molecular complexity index is 898. The molecule has 0 radical (unpaired) electrons. The minimum absolute atomic E-state index is 0.212. The molecule has 11 heteroatoms. The van der Waals surface area contributed by atoms with Crippen LogP contribution in [-0.2, 0) is 33.8 Å². The van der Waals surface area contributed by atoms with Crippen molar-refractivity contribution in [3.05, 3.63) is 0 Å². The normalized spacial score (nSPS) is 13.8. The third-order valence-electron chi connectivity index (χ3n) is 10.1. The van der Waals surface area contributed by atoms with Gasteiger partial charge in [-0.05, 0) is 19.9 Å². The van der Waals surface area contributed by atoms with Crippen molar-refractivity contribution in [1.29, 1.82) is 0 Å². The first-order valence-electron chi connectivity index (χ1n) is 20.3. The van der Waals surface area contributed by atoms with Crippen LogP contribution in [0.1, 0.15) is 194 Å². The lowest BCUT2D eigenvalue weighted by Gasteiger charge is -2.39. The molecule has 0 fully saturated rings. The van der Waals surface area contributed by atoms with E-state index < -0.39 is 34.4 Å². The van der Waals surface area contributed by atoms with Gasteiger partial charge in [0, 0.05) is 12.8 Å². The fraction of sp³-hybridized carbons (Fsp3) is 0.900. The molecule has 0 aromatic carbocycles. The highest BCUT2D eigenvalue weighted by Crippen LogP contribution is 2.29. The second kappa shape index (κ2) is 35.5. The van der Waals surface area contributed by atoms with Gasteiger partial charge in [0.15, 0.2) is 0 Å². The van der Waals surface area contributed by atoms with Gasteiger partial charge >= 0.3 is 10.4 Å². The number of hydrogen-bond acceptors (Lipinski definition) is 9. The second-order valence-corrected chi connectivity index (χ2v) is 15.4. The van der Waals surface area contributed by atoms with Crippen LogP contribution in [0.3, 0.4) is 0 Å². The SMILES string of the molecule is CCCCCCCCCCCCCCCC(=O)C(C=O)C(CO)(NC)C(C=O)C(=O)CCCCCCCCCCCCCCC.COS(=O)(=O)O. The average Bonchev–Trinajstić information content (AvgIpc) is 3.12. The predicted octanol–water partition coefficient (Wildman–Crippen LogP) is 9.10. The van der Waals surface area contributed by atoms with Gasteiger partial charge in [-0.1, -0.05) is 168 Å². The molecule has 0 bridgehead atoms. The predicted molar refractivity (Wildman–Crippen MR) is 207 cm³/mol. The number of ketones is 2. The van der Waals surface area contributed by atoms with Crippen LogP contribution >= 0.6 is 0 Å². The van der Waals surface area contributed by atoms with E-state index in [2.05, 4.69) is 23.3 Å². The van der Waals surface area contributed by atoms with Crippen molar-refractivity contribution in [1.82, 2.24) is 5.32 Å². The van der Waals surface area contributed by atoms with Crippen LogP contribution in [0.5, 0.6) is 0 Å². The topological polar surface area (TPSA) is 164 Å². The van der Waals surface area contributed by atoms with E-state index in [4.69, 9.17) is 4.55 Å². The average molecular weight is 748 g/mol. The van der Waals surface area contributed by atoms with Crippen molar-refractivity contribution in [2.24, 2.45) is 11.8 Å². The summed E-state index contributed by atoms with van der Waals surface area (Å²) >= 11 is 0. The molecule has 51 heavy (non-hydrogen) atoms. The van der Waals surface area contributed by atoms with Crippen molar-refractivity contribution in [3.8, 4) is 0 Å². The Morgan fingerprint density at radius 2 is 0.824 bits per heavy atom. The van der Waals surface area contributed by atoms with E-state index in [0.717, 1.165) is 45.6 Å². The van der Waals surface area contributed by atoms with Crippen molar-refractivity contribution in [2.45, 2.75) is 199 Å². The summed E-state index contributed by atoms with van der Waals surface area (Å²) in [5.74, 6) is -3.10. The number of unbranched alkanes of at least 4 members (excludes halogenated alkanes) is 24. The number of carbonyl (C=O) groups excluding carboxylic acids is 4. The van der Waals surface area contributed by atoms with Gasteiger partial charge in [0.05, 0.1) is 31.1 Å². The first-order chi connectivity index (χ1) is 24.5. The Morgan fingerprint density at radius 3 is 1.00 bits per heavy atom. The molecule has 0 saturated heterocycles. The smallest absolute Gasteiger partial charge is 0.394 e. The largest absolute Gasteiger partial charge is 0.397 e. The minimum Gasteiger partial charge on any atom is -0.394 e. The fourth-order valence-corrected chi connectivity index (χ4v) is 6.69. The number of rotatable bonds is 37. The van der Waals surface area contributed by atoms with Gasteiger partial charge in [-0.15, -0.1) is 0 Å². The highest BCUT2D eigenvalue weighted by atomic mass is 32.3. The van der Waals surface area contributed by atoms with Gasteiger partial charge in [0.1, 0.15) is 24.1 Å². The number of hydrogen-bond donors (Lipinski definition) is 3. The number of aldehydes is 2. The lowest BCUT2D eigenvalue weighted by molar-refractivity contribution is -0.139. The zero-order valence-electron chi connectivity index (χ0n) is 33.0. The monoisotopic (exact) mass is 748 g/mol. The van der Waals surface area contributed by atoms with E-state index in [9.17, 15) is 32.7 Å². The second-order valence-electron chi connectivity index (χ2n) is 14.2. The number of nitrogens with one attached hydrogen (secondary N) is 1. The maximum absolute atomic E-state index is 13.2. The molecule has 2 atom stereocenters. The molecule has 0 spiro atoms. The van der Waals surface area contributed by atoms with E-state index in [1.54, 1.807) is 0 Å². The van der Waals surface area contributed by atoms with Crippen LogP contribution in [0.15, 0.2) is 0 Å². The van der Waals surface area contributed by atoms with Crippen molar-refractivity contribution >= 4 is 34.5 Å². The summed E-state index contributed by atoms with van der Waals surface area (Å²) in [7, 11) is -1.78. The van der Waals surface area contributed by atoms with Crippen LogP contribution in [0.2, 0.25) is 0 Å². The van der Waals surface area contributed by atoms with E-state index in [-0.39, 0.29) is 24.4 Å². The van der Waals surface area contributed by atoms with E-state index in [1.165, 1.54) is 123 Å². The van der Waals surface area contributed by atoms with Crippen LogP contribution in [0, 0.1) is 11.8 Å². The Balaban J connectivity index is 0. The van der Waals surface area contributed by atoms with E-state index in [1.807, 2.05) is 0 Å². The summed E-state index contributed by atoms with van der Waals surface area (Å²) in [6.45, 7) is 3.86. The molecule has 10 nitrogen and oxygen atoms in total. The quantitative estimate of drug-likeness (QED) is 0.0242. The van der Waals surface area contributed by atoms with Gasteiger partial charge in [-0.25, -0.2) is 0 Å². The standard InChI is InChI=1S/C39H73NO5.CH4O4S/c1-4-6-8-10-12-14-16-18-20-22-24-26-28-30-37(44)35(32-41)39(34-43,40-3)36(33-42)38(45)31-29-27-25-23-21-19-17-15-13-11-9-7-5-2;1-5-6(2,3)4/h32-33,35-36,40,43H,4-31,34H2,1-3H3;1H3,(H,2,3,4). The molecule has 0 rings (SSSR count). The number of aliphatic hydroxyl groups excluding tert-OH is 1. The third-order valence-corrected chi connectivity index (χ3v) is 10.5. The summed E-state index contributed by atoms with van der Waals surface area (Å²) < 4.78 is 29.7. The molecule has 302 valence electrons. The maximum atomic E-state index is 13.2. The lowest BCUT2D eigenvalue weighted by Crippen LogP contribution is -2.63. The van der Waals surface area contributed by atoms with Crippen molar-refractivity contribution < 1.29 is 41.4 Å². The number of aliphatic hydroxyl groups is 1. The number of Topliss-reactive ketones (excluding diaryl/α,β-unsaturated/α-hetero) is 2. The molecule has 0 amide bonds. The zero-order chi connectivity index (χ0) is 38.6. The molecule has 0 saturated carbocycles. The number of likely N-dealkylation sites (N-methyl/N-ethyl adjacent to an activating group) is 1. The fourth-order valence-electron chi connectivity index (χ4n) is 6.69. The van der Waals surface area contributed by atoms with Gasteiger partial charge in [0.2, 0.25) is 0 Å². The Labute approximate surface area is 312 Å². The summed E-state index contributed by atoms with van der Waals surface area (Å²) in [5, 5.41) is 13.2. The van der Waals surface area contributed by atoms with Crippen LogP contribution in [0.4, 0.5) is 0 Å². The lowest BCUT2D eigenvalue weighted by atomic mass is 9.70. The zero-order valence-corrected chi connectivity index (χ0v) is 33.8. The van der Waals surface area contributed by atoms with Crippen LogP contribution in [0.25, 0.3) is 0 Å².